The molecule has 0 aliphatic rings. The van der Waals surface area contributed by atoms with Gasteiger partial charge in [-0.1, -0.05) is 0 Å². The van der Waals surface area contributed by atoms with E-state index in [1.165, 1.54) is 0 Å². The van der Waals surface area contributed by atoms with E-state index in [4.69, 9.17) is 20.7 Å². The molecule has 0 aliphatic carbocycles. The summed E-state index contributed by atoms with van der Waals surface area (Å²) in [6.45, 7) is 1.59. The van der Waals surface area contributed by atoms with Crippen molar-refractivity contribution in [2.24, 2.45) is 0 Å². The standard InChI is InChI=1S/C5H11BrClO4P/c1-9-2-3-10-4-5-11-12(6,7)8/h2-5H2,1H3. The van der Waals surface area contributed by atoms with Crippen LogP contribution in [-0.2, 0) is 18.6 Å². The fraction of sp³-hybridized carbons (Fsp3) is 1.00. The lowest BCUT2D eigenvalue weighted by Gasteiger charge is -2.05. The Morgan fingerprint density at radius 2 is 1.92 bits per heavy atom. The van der Waals surface area contributed by atoms with Crippen LogP contribution in [0.2, 0.25) is 0 Å². The van der Waals surface area contributed by atoms with Crippen molar-refractivity contribution in [2.45, 2.75) is 0 Å². The molecule has 4 nitrogen and oxygen atoms in total. The van der Waals surface area contributed by atoms with Crippen molar-refractivity contribution in [3.63, 3.8) is 0 Å². The predicted molar refractivity (Wildman–Crippen MR) is 51.0 cm³/mol. The van der Waals surface area contributed by atoms with Crippen LogP contribution in [0.25, 0.3) is 0 Å². The molecular formula is C5H11BrClO4P. The van der Waals surface area contributed by atoms with Gasteiger partial charge in [0.1, 0.15) is 0 Å². The van der Waals surface area contributed by atoms with Gasteiger partial charge < -0.3 is 14.0 Å². The molecule has 0 rings (SSSR count). The van der Waals surface area contributed by atoms with Gasteiger partial charge in [0.25, 0.3) is 0 Å². The van der Waals surface area contributed by atoms with E-state index in [1.807, 2.05) is 0 Å². The Morgan fingerprint density at radius 3 is 2.42 bits per heavy atom. The van der Waals surface area contributed by atoms with Gasteiger partial charge >= 0.3 is 5.42 Å². The molecule has 0 spiro atoms. The van der Waals surface area contributed by atoms with Crippen molar-refractivity contribution >= 4 is 32.2 Å². The molecule has 12 heavy (non-hydrogen) atoms. The predicted octanol–water partition coefficient (Wildman–Crippen LogP) is 2.41. The summed E-state index contributed by atoms with van der Waals surface area (Å²) < 4.78 is 25.1. The maximum Gasteiger partial charge on any atom is 0.353 e. The van der Waals surface area contributed by atoms with Crippen LogP contribution in [0.15, 0.2) is 0 Å². The number of hydrogen-bond donors (Lipinski definition) is 0. The zero-order valence-electron chi connectivity index (χ0n) is 6.66. The molecule has 7 heteroatoms. The quantitative estimate of drug-likeness (QED) is 0.531. The first-order valence-corrected chi connectivity index (χ1v) is 7.81. The van der Waals surface area contributed by atoms with E-state index in [2.05, 4.69) is 20.0 Å². The van der Waals surface area contributed by atoms with Crippen molar-refractivity contribution in [2.75, 3.05) is 33.5 Å². The van der Waals surface area contributed by atoms with Gasteiger partial charge in [-0.15, -0.1) is 0 Å². The number of halogens is 2. The molecule has 0 aromatic rings. The van der Waals surface area contributed by atoms with Crippen molar-refractivity contribution in [1.82, 2.24) is 0 Å². The normalized spacial score (nSPS) is 15.9. The number of hydrogen-bond acceptors (Lipinski definition) is 4. The van der Waals surface area contributed by atoms with Gasteiger partial charge in [-0.05, 0) is 11.2 Å². The molecule has 0 bridgehead atoms. The molecule has 0 aromatic heterocycles. The maximum atomic E-state index is 10.7. The number of ether oxygens (including phenoxy) is 2. The van der Waals surface area contributed by atoms with Crippen LogP contribution in [0.4, 0.5) is 0 Å². The van der Waals surface area contributed by atoms with Gasteiger partial charge in [0.15, 0.2) is 0 Å². The fourth-order valence-corrected chi connectivity index (χ4v) is 1.38. The second-order valence-corrected chi connectivity index (χ2v) is 8.30. The van der Waals surface area contributed by atoms with Crippen molar-refractivity contribution < 1.29 is 18.6 Å². The Morgan fingerprint density at radius 1 is 1.33 bits per heavy atom. The lowest BCUT2D eigenvalue weighted by molar-refractivity contribution is 0.0560. The zero-order chi connectivity index (χ0) is 9.45. The first-order valence-electron chi connectivity index (χ1n) is 3.27. The Kier molecular flexibility index (Phi) is 7.83. The fourth-order valence-electron chi connectivity index (χ4n) is 0.447. The average Bonchev–Trinajstić information content (AvgIpc) is 1.94. The number of methoxy groups -OCH3 is 1. The monoisotopic (exact) mass is 280 g/mol. The van der Waals surface area contributed by atoms with E-state index in [-0.39, 0.29) is 6.61 Å². The molecule has 0 N–H and O–H groups in total. The molecule has 0 saturated heterocycles. The van der Waals surface area contributed by atoms with Crippen molar-refractivity contribution in [3.05, 3.63) is 0 Å². The summed E-state index contributed by atoms with van der Waals surface area (Å²) in [6.07, 6.45) is 0. The van der Waals surface area contributed by atoms with Crippen LogP contribution >= 0.6 is 32.2 Å². The molecule has 0 aliphatic heterocycles. The minimum Gasteiger partial charge on any atom is -0.382 e. The summed E-state index contributed by atoms with van der Waals surface area (Å²) in [4.78, 5) is 0. The first kappa shape index (κ1) is 12.9. The van der Waals surface area contributed by atoms with E-state index in [0.717, 1.165) is 0 Å². The third-order valence-corrected chi connectivity index (χ3v) is 2.29. The molecule has 74 valence electrons. The van der Waals surface area contributed by atoms with E-state index >= 15 is 0 Å². The van der Waals surface area contributed by atoms with Gasteiger partial charge in [-0.2, -0.15) is 0 Å². The molecule has 0 saturated carbocycles. The third kappa shape index (κ3) is 10.9. The molecule has 0 amide bonds. The second-order valence-electron chi connectivity index (χ2n) is 1.85. The summed E-state index contributed by atoms with van der Waals surface area (Å²) in [5, 5.41) is 0. The zero-order valence-corrected chi connectivity index (χ0v) is 9.90. The van der Waals surface area contributed by atoms with Crippen LogP contribution in [0.3, 0.4) is 0 Å². The SMILES string of the molecule is COCCOCCOP(=O)(Cl)Br. The van der Waals surface area contributed by atoms with Crippen LogP contribution in [0.5, 0.6) is 0 Å². The Labute approximate surface area is 84.5 Å². The molecule has 0 radical (unpaired) electrons. The van der Waals surface area contributed by atoms with Crippen molar-refractivity contribution in [3.8, 4) is 0 Å². The largest absolute Gasteiger partial charge is 0.382 e. The highest BCUT2D eigenvalue weighted by atomic mass is 79.9. The third-order valence-electron chi connectivity index (χ3n) is 0.901. The van der Waals surface area contributed by atoms with Crippen molar-refractivity contribution in [1.29, 1.82) is 0 Å². The smallest absolute Gasteiger partial charge is 0.353 e. The topological polar surface area (TPSA) is 44.8 Å². The lowest BCUT2D eigenvalue weighted by atomic mass is 10.7. The van der Waals surface area contributed by atoms with Gasteiger partial charge in [-0.3, -0.25) is 4.57 Å². The highest BCUT2D eigenvalue weighted by Gasteiger charge is 2.12. The van der Waals surface area contributed by atoms with E-state index < -0.39 is 5.42 Å². The summed E-state index contributed by atoms with van der Waals surface area (Å²) in [5.74, 6) is 0. The molecule has 0 heterocycles. The molecule has 1 unspecified atom stereocenters. The van der Waals surface area contributed by atoms with Crippen LogP contribution in [0.1, 0.15) is 0 Å². The van der Waals surface area contributed by atoms with Gasteiger partial charge in [0.05, 0.1) is 26.4 Å². The van der Waals surface area contributed by atoms with E-state index in [1.54, 1.807) is 7.11 Å². The Balaban J connectivity index is 3.06. The van der Waals surface area contributed by atoms with E-state index in [0.29, 0.717) is 19.8 Å². The summed E-state index contributed by atoms with van der Waals surface area (Å²) in [7, 11) is 1.59. The lowest BCUT2D eigenvalue weighted by Crippen LogP contribution is -2.06. The highest BCUT2D eigenvalue weighted by Crippen LogP contribution is 2.59. The van der Waals surface area contributed by atoms with Gasteiger partial charge in [0.2, 0.25) is 0 Å². The average molecular weight is 281 g/mol. The minimum atomic E-state index is -3.05. The summed E-state index contributed by atoms with van der Waals surface area (Å²) in [5.41, 5.74) is -3.05. The van der Waals surface area contributed by atoms with E-state index in [9.17, 15) is 4.57 Å². The first-order chi connectivity index (χ1) is 5.56. The minimum absolute atomic E-state index is 0.204. The van der Waals surface area contributed by atoms with Gasteiger partial charge in [-0.25, -0.2) is 0 Å². The molecule has 1 atom stereocenters. The summed E-state index contributed by atoms with van der Waals surface area (Å²) in [6, 6.07) is 0. The van der Waals surface area contributed by atoms with Crippen LogP contribution in [0, 0.1) is 0 Å². The van der Waals surface area contributed by atoms with Crippen LogP contribution < -0.4 is 0 Å². The Bertz CT molecular complexity index is 150. The number of rotatable bonds is 7. The van der Waals surface area contributed by atoms with Crippen LogP contribution in [-0.4, -0.2) is 33.5 Å². The summed E-state index contributed by atoms with van der Waals surface area (Å²) >= 11 is 7.92. The molecular weight excluding hydrogens is 270 g/mol. The molecule has 0 fully saturated rings. The maximum absolute atomic E-state index is 10.7. The Hall–Kier alpha value is 0.880. The van der Waals surface area contributed by atoms with Gasteiger partial charge in [0, 0.05) is 22.6 Å². The highest BCUT2D eigenvalue weighted by molar-refractivity contribution is 9.42. The second kappa shape index (κ2) is 7.30. The molecule has 0 aromatic carbocycles.